The fraction of sp³-hybridized carbons (Fsp3) is 0. The summed E-state index contributed by atoms with van der Waals surface area (Å²) < 4.78 is 3.78. The molecule has 1 amide bonds. The van der Waals surface area contributed by atoms with E-state index in [0.29, 0.717) is 10.7 Å². The third-order valence-corrected chi connectivity index (χ3v) is 2.20. The lowest BCUT2D eigenvalue weighted by Crippen LogP contribution is -2.11. The summed E-state index contributed by atoms with van der Waals surface area (Å²) in [5.41, 5.74) is 0.614. The van der Waals surface area contributed by atoms with Crippen LogP contribution >= 0.6 is 11.5 Å². The Balaban J connectivity index is 2.11. The van der Waals surface area contributed by atoms with E-state index in [1.54, 1.807) is 12.1 Å². The van der Waals surface area contributed by atoms with E-state index in [2.05, 4.69) is 14.7 Å². The zero-order valence-corrected chi connectivity index (χ0v) is 7.99. The third-order valence-electron chi connectivity index (χ3n) is 1.62. The second-order valence-electron chi connectivity index (χ2n) is 2.57. The summed E-state index contributed by atoms with van der Waals surface area (Å²) in [5, 5.41) is 3.16. The fourth-order valence-corrected chi connectivity index (χ4v) is 1.41. The van der Waals surface area contributed by atoms with Gasteiger partial charge in [-0.15, -0.1) is 0 Å². The molecular weight excluding hydrogens is 198 g/mol. The number of hydrogen-bond donors (Lipinski definition) is 1. The van der Waals surface area contributed by atoms with E-state index in [0.717, 1.165) is 11.5 Å². The summed E-state index contributed by atoms with van der Waals surface area (Å²) in [7, 11) is 0. The Morgan fingerprint density at radius 2 is 2.07 bits per heavy atom. The predicted octanol–water partition coefficient (Wildman–Crippen LogP) is 1.79. The molecule has 0 aliphatic carbocycles. The quantitative estimate of drug-likeness (QED) is 0.813. The molecule has 4 nitrogen and oxygen atoms in total. The molecule has 0 aliphatic rings. The molecule has 0 unspecified atom stereocenters. The van der Waals surface area contributed by atoms with Crippen LogP contribution in [0, 0.1) is 0 Å². The number of carbonyl (C=O) groups excluding carboxylic acids is 1. The lowest BCUT2D eigenvalue weighted by atomic mass is 10.2. The number of benzene rings is 1. The molecule has 2 aromatic rings. The zero-order valence-electron chi connectivity index (χ0n) is 7.18. The maximum atomic E-state index is 11.5. The van der Waals surface area contributed by atoms with Gasteiger partial charge in [0, 0.05) is 17.1 Å². The van der Waals surface area contributed by atoms with Gasteiger partial charge in [0.15, 0.2) is 0 Å². The van der Waals surface area contributed by atoms with Gasteiger partial charge in [0.05, 0.1) is 0 Å². The normalized spacial score (nSPS) is 9.71. The van der Waals surface area contributed by atoms with Gasteiger partial charge < -0.3 is 0 Å². The minimum absolute atomic E-state index is 0.164. The van der Waals surface area contributed by atoms with Crippen LogP contribution in [0.1, 0.15) is 10.4 Å². The number of hydrogen-bond acceptors (Lipinski definition) is 4. The molecule has 1 aromatic heterocycles. The molecule has 1 aromatic carbocycles. The van der Waals surface area contributed by atoms with Gasteiger partial charge in [0.25, 0.3) is 5.91 Å². The van der Waals surface area contributed by atoms with Gasteiger partial charge in [0.1, 0.15) is 6.33 Å². The molecule has 0 saturated carbocycles. The molecule has 1 heterocycles. The van der Waals surface area contributed by atoms with E-state index >= 15 is 0 Å². The van der Waals surface area contributed by atoms with Crippen molar-refractivity contribution in [2.75, 3.05) is 5.32 Å². The molecule has 0 bridgehead atoms. The van der Waals surface area contributed by atoms with Crippen molar-refractivity contribution in [1.82, 2.24) is 9.36 Å². The van der Waals surface area contributed by atoms with Crippen LogP contribution in [0.3, 0.4) is 0 Å². The molecule has 2 rings (SSSR count). The fourth-order valence-electron chi connectivity index (χ4n) is 0.987. The Bertz CT molecular complexity index is 413. The molecule has 0 atom stereocenters. The van der Waals surface area contributed by atoms with Crippen LogP contribution in [-0.4, -0.2) is 15.3 Å². The average molecular weight is 205 g/mol. The second kappa shape index (κ2) is 3.97. The number of rotatable bonds is 2. The first-order valence-corrected chi connectivity index (χ1v) is 4.76. The Kier molecular flexibility index (Phi) is 2.51. The third kappa shape index (κ3) is 1.94. The number of nitrogens with one attached hydrogen (secondary N) is 1. The maximum Gasteiger partial charge on any atom is 0.257 e. The summed E-state index contributed by atoms with van der Waals surface area (Å²) in [4.78, 5) is 15.4. The van der Waals surface area contributed by atoms with Crippen LogP contribution in [0.5, 0.6) is 0 Å². The molecule has 0 saturated heterocycles. The van der Waals surface area contributed by atoms with E-state index < -0.39 is 0 Å². The Hall–Kier alpha value is -1.75. The van der Waals surface area contributed by atoms with Gasteiger partial charge in [-0.25, -0.2) is 4.98 Å². The van der Waals surface area contributed by atoms with Gasteiger partial charge in [-0.05, 0) is 12.1 Å². The van der Waals surface area contributed by atoms with Crippen molar-refractivity contribution in [2.24, 2.45) is 0 Å². The Morgan fingerprint density at radius 1 is 1.29 bits per heavy atom. The number of aromatic nitrogens is 2. The van der Waals surface area contributed by atoms with Crippen LogP contribution < -0.4 is 5.32 Å². The lowest BCUT2D eigenvalue weighted by molar-refractivity contribution is 0.102. The molecule has 5 heteroatoms. The van der Waals surface area contributed by atoms with Crippen molar-refractivity contribution < 1.29 is 4.79 Å². The number of carbonyl (C=O) groups is 1. The maximum absolute atomic E-state index is 11.5. The van der Waals surface area contributed by atoms with Gasteiger partial charge >= 0.3 is 0 Å². The molecule has 0 aliphatic heterocycles. The minimum Gasteiger partial charge on any atom is -0.297 e. The second-order valence-corrected chi connectivity index (χ2v) is 3.35. The topological polar surface area (TPSA) is 54.9 Å². The van der Waals surface area contributed by atoms with Gasteiger partial charge in [-0.1, -0.05) is 18.2 Å². The highest BCUT2D eigenvalue weighted by Gasteiger charge is 2.05. The predicted molar refractivity (Wildman–Crippen MR) is 54.3 cm³/mol. The van der Waals surface area contributed by atoms with E-state index in [9.17, 15) is 4.79 Å². The van der Waals surface area contributed by atoms with Gasteiger partial charge in [0.2, 0.25) is 5.13 Å². The molecular formula is C9H7N3OS. The largest absolute Gasteiger partial charge is 0.297 e. The highest BCUT2D eigenvalue weighted by molar-refractivity contribution is 7.09. The van der Waals surface area contributed by atoms with Crippen molar-refractivity contribution in [3.8, 4) is 0 Å². The summed E-state index contributed by atoms with van der Waals surface area (Å²) in [6, 6.07) is 8.98. The Labute approximate surface area is 84.8 Å². The molecule has 14 heavy (non-hydrogen) atoms. The van der Waals surface area contributed by atoms with E-state index in [-0.39, 0.29) is 5.91 Å². The standard InChI is InChI=1S/C9H7N3OS/c13-8(7-4-2-1-3-5-7)12-9-10-6-11-14-9/h1-6H,(H,10,11,12,13). The first kappa shape index (κ1) is 8.83. The average Bonchev–Trinajstić information content (AvgIpc) is 2.72. The summed E-state index contributed by atoms with van der Waals surface area (Å²) in [5.74, 6) is -0.164. The van der Waals surface area contributed by atoms with Gasteiger partial charge in [-0.2, -0.15) is 4.37 Å². The molecule has 0 spiro atoms. The van der Waals surface area contributed by atoms with Crippen LogP contribution in [0.15, 0.2) is 36.7 Å². The van der Waals surface area contributed by atoms with Crippen molar-refractivity contribution >= 4 is 22.6 Å². The van der Waals surface area contributed by atoms with Crippen LogP contribution in [0.2, 0.25) is 0 Å². The van der Waals surface area contributed by atoms with Crippen molar-refractivity contribution in [3.63, 3.8) is 0 Å². The lowest BCUT2D eigenvalue weighted by Gasteiger charge is -1.99. The first-order valence-electron chi connectivity index (χ1n) is 3.99. The van der Waals surface area contributed by atoms with Crippen LogP contribution in [-0.2, 0) is 0 Å². The van der Waals surface area contributed by atoms with Crippen LogP contribution in [0.25, 0.3) is 0 Å². The Morgan fingerprint density at radius 3 is 2.71 bits per heavy atom. The van der Waals surface area contributed by atoms with E-state index in [1.807, 2.05) is 18.2 Å². The highest BCUT2D eigenvalue weighted by Crippen LogP contribution is 2.09. The van der Waals surface area contributed by atoms with Crippen molar-refractivity contribution in [1.29, 1.82) is 0 Å². The van der Waals surface area contributed by atoms with Gasteiger partial charge in [-0.3, -0.25) is 10.1 Å². The van der Waals surface area contributed by atoms with Crippen molar-refractivity contribution in [2.45, 2.75) is 0 Å². The van der Waals surface area contributed by atoms with Crippen LogP contribution in [0.4, 0.5) is 5.13 Å². The smallest absolute Gasteiger partial charge is 0.257 e. The molecule has 70 valence electrons. The van der Waals surface area contributed by atoms with Crippen molar-refractivity contribution in [3.05, 3.63) is 42.2 Å². The number of anilines is 1. The summed E-state index contributed by atoms with van der Waals surface area (Å²) in [6.07, 6.45) is 1.41. The monoisotopic (exact) mass is 205 g/mol. The summed E-state index contributed by atoms with van der Waals surface area (Å²) in [6.45, 7) is 0. The van der Waals surface area contributed by atoms with E-state index in [1.165, 1.54) is 6.33 Å². The SMILES string of the molecule is O=C(Nc1ncns1)c1ccccc1. The number of amides is 1. The number of nitrogens with zero attached hydrogens (tertiary/aromatic N) is 2. The molecule has 1 N–H and O–H groups in total. The minimum atomic E-state index is -0.164. The molecule has 0 radical (unpaired) electrons. The first-order chi connectivity index (χ1) is 6.86. The highest BCUT2D eigenvalue weighted by atomic mass is 32.1. The zero-order chi connectivity index (χ0) is 9.80. The molecule has 0 fully saturated rings. The summed E-state index contributed by atoms with van der Waals surface area (Å²) >= 11 is 1.15. The van der Waals surface area contributed by atoms with E-state index in [4.69, 9.17) is 0 Å².